The van der Waals surface area contributed by atoms with E-state index in [9.17, 15) is 18.0 Å². The number of nitrogens with zero attached hydrogens (tertiary/aromatic N) is 1. The number of carboxylic acids is 1. The summed E-state index contributed by atoms with van der Waals surface area (Å²) in [5, 5.41) is 9.16. The van der Waals surface area contributed by atoms with Gasteiger partial charge in [-0.25, -0.2) is 0 Å². The SMILES string of the molecule is Cc1ccc2c(c1)c(CC(=O)O)c(C(F)(F)F)n2C. The number of benzene rings is 1. The van der Waals surface area contributed by atoms with Crippen molar-refractivity contribution in [3.63, 3.8) is 0 Å². The van der Waals surface area contributed by atoms with E-state index >= 15 is 0 Å². The van der Waals surface area contributed by atoms with Crippen LogP contribution in [0.5, 0.6) is 0 Å². The molecule has 0 saturated heterocycles. The average molecular weight is 271 g/mol. The molecular formula is C13H12F3NO2. The third kappa shape index (κ3) is 2.30. The maximum Gasteiger partial charge on any atom is 0.431 e. The molecule has 0 saturated carbocycles. The number of alkyl halides is 3. The molecule has 0 unspecified atom stereocenters. The van der Waals surface area contributed by atoms with Gasteiger partial charge in [-0.15, -0.1) is 0 Å². The van der Waals surface area contributed by atoms with E-state index in [-0.39, 0.29) is 5.56 Å². The second kappa shape index (κ2) is 4.29. The zero-order chi connectivity index (χ0) is 14.4. The lowest BCUT2D eigenvalue weighted by molar-refractivity contribution is -0.144. The Kier molecular flexibility index (Phi) is 3.04. The standard InChI is InChI=1S/C13H12F3NO2/c1-7-3-4-10-8(5-7)9(6-11(18)19)12(17(10)2)13(14,15)16/h3-5H,6H2,1-2H3,(H,18,19). The number of aromatic nitrogens is 1. The first kappa shape index (κ1) is 13.5. The van der Waals surface area contributed by atoms with Crippen LogP contribution in [-0.2, 0) is 24.4 Å². The van der Waals surface area contributed by atoms with Crippen LogP contribution in [0, 0.1) is 6.92 Å². The van der Waals surface area contributed by atoms with Gasteiger partial charge >= 0.3 is 12.1 Å². The summed E-state index contributed by atoms with van der Waals surface area (Å²) in [5.74, 6) is -1.28. The monoisotopic (exact) mass is 271 g/mol. The Morgan fingerprint density at radius 2 is 2.00 bits per heavy atom. The Balaban J connectivity index is 2.85. The van der Waals surface area contributed by atoms with E-state index in [1.54, 1.807) is 25.1 Å². The van der Waals surface area contributed by atoms with Crippen molar-refractivity contribution < 1.29 is 23.1 Å². The number of aryl methyl sites for hydroxylation is 2. The number of hydrogen-bond donors (Lipinski definition) is 1. The predicted molar refractivity (Wildman–Crippen MR) is 64.0 cm³/mol. The Morgan fingerprint density at radius 3 is 2.53 bits per heavy atom. The number of carboxylic acid groups (broad SMARTS) is 1. The summed E-state index contributed by atoms with van der Waals surface area (Å²) in [7, 11) is 1.30. The number of aliphatic carboxylic acids is 1. The Hall–Kier alpha value is -1.98. The van der Waals surface area contributed by atoms with Gasteiger partial charge in [0.05, 0.1) is 6.42 Å². The Bertz CT molecular complexity index is 656. The van der Waals surface area contributed by atoms with Gasteiger partial charge in [-0.2, -0.15) is 13.2 Å². The topological polar surface area (TPSA) is 42.2 Å². The minimum absolute atomic E-state index is 0.179. The molecule has 0 radical (unpaired) electrons. The van der Waals surface area contributed by atoms with Crippen molar-refractivity contribution in [1.82, 2.24) is 4.57 Å². The number of fused-ring (bicyclic) bond motifs is 1. The summed E-state index contributed by atoms with van der Waals surface area (Å²) in [6.45, 7) is 1.75. The molecule has 0 aliphatic rings. The lowest BCUT2D eigenvalue weighted by Crippen LogP contribution is -2.15. The highest BCUT2D eigenvalue weighted by Crippen LogP contribution is 2.38. The highest BCUT2D eigenvalue weighted by Gasteiger charge is 2.38. The molecule has 0 spiro atoms. The van der Waals surface area contributed by atoms with E-state index < -0.39 is 24.3 Å². The molecule has 1 heterocycles. The zero-order valence-corrected chi connectivity index (χ0v) is 10.4. The molecule has 0 aliphatic carbocycles. The molecule has 2 aromatic rings. The molecule has 0 bridgehead atoms. The van der Waals surface area contributed by atoms with Gasteiger partial charge in [0.25, 0.3) is 0 Å². The van der Waals surface area contributed by atoms with Crippen LogP contribution in [-0.4, -0.2) is 15.6 Å². The second-order valence-electron chi connectivity index (χ2n) is 4.48. The molecule has 0 aliphatic heterocycles. The van der Waals surface area contributed by atoms with Crippen LogP contribution in [0.3, 0.4) is 0 Å². The minimum atomic E-state index is -4.58. The van der Waals surface area contributed by atoms with E-state index in [0.717, 1.165) is 10.1 Å². The van der Waals surface area contributed by atoms with Crippen LogP contribution in [0.1, 0.15) is 16.8 Å². The summed E-state index contributed by atoms with van der Waals surface area (Å²) < 4.78 is 40.3. The van der Waals surface area contributed by atoms with E-state index in [0.29, 0.717) is 10.9 Å². The Labute approximate surface area is 107 Å². The third-order valence-electron chi connectivity index (χ3n) is 3.06. The fourth-order valence-corrected chi connectivity index (χ4v) is 2.33. The van der Waals surface area contributed by atoms with Crippen LogP contribution in [0.15, 0.2) is 18.2 Å². The third-order valence-corrected chi connectivity index (χ3v) is 3.06. The minimum Gasteiger partial charge on any atom is -0.481 e. The van der Waals surface area contributed by atoms with Crippen molar-refractivity contribution in [3.8, 4) is 0 Å². The smallest absolute Gasteiger partial charge is 0.431 e. The van der Waals surface area contributed by atoms with Crippen molar-refractivity contribution in [3.05, 3.63) is 35.0 Å². The average Bonchev–Trinajstić information content (AvgIpc) is 2.50. The normalized spacial score (nSPS) is 12.1. The second-order valence-corrected chi connectivity index (χ2v) is 4.48. The number of carbonyl (C=O) groups is 1. The summed E-state index contributed by atoms with van der Waals surface area (Å²) in [4.78, 5) is 10.8. The van der Waals surface area contributed by atoms with Gasteiger partial charge in [0.2, 0.25) is 0 Å². The fraction of sp³-hybridized carbons (Fsp3) is 0.308. The van der Waals surface area contributed by atoms with Gasteiger partial charge in [0.15, 0.2) is 0 Å². The first-order chi connectivity index (χ1) is 8.71. The van der Waals surface area contributed by atoms with Crippen molar-refractivity contribution in [2.24, 2.45) is 7.05 Å². The molecule has 19 heavy (non-hydrogen) atoms. The van der Waals surface area contributed by atoms with Crippen LogP contribution < -0.4 is 0 Å². The lowest BCUT2D eigenvalue weighted by atomic mass is 10.1. The van der Waals surface area contributed by atoms with Crippen LogP contribution in [0.4, 0.5) is 13.2 Å². The summed E-state index contributed by atoms with van der Waals surface area (Å²) in [5.41, 5.74) is 0.101. The first-order valence-corrected chi connectivity index (χ1v) is 5.58. The lowest BCUT2D eigenvalue weighted by Gasteiger charge is -2.10. The highest BCUT2D eigenvalue weighted by atomic mass is 19.4. The molecule has 1 aromatic heterocycles. The van der Waals surface area contributed by atoms with Crippen LogP contribution >= 0.6 is 0 Å². The summed E-state index contributed by atoms with van der Waals surface area (Å²) in [6, 6.07) is 4.86. The quantitative estimate of drug-likeness (QED) is 0.911. The van der Waals surface area contributed by atoms with E-state index in [1.807, 2.05) is 0 Å². The Morgan fingerprint density at radius 1 is 1.37 bits per heavy atom. The molecule has 0 amide bonds. The number of rotatable bonds is 2. The van der Waals surface area contributed by atoms with Crippen molar-refractivity contribution in [2.75, 3.05) is 0 Å². The molecule has 6 heteroatoms. The van der Waals surface area contributed by atoms with E-state index in [4.69, 9.17) is 5.11 Å². The van der Waals surface area contributed by atoms with Crippen LogP contribution in [0.25, 0.3) is 10.9 Å². The van der Waals surface area contributed by atoms with Crippen LogP contribution in [0.2, 0.25) is 0 Å². The van der Waals surface area contributed by atoms with E-state index in [1.165, 1.54) is 7.05 Å². The van der Waals surface area contributed by atoms with Gasteiger partial charge in [-0.05, 0) is 19.1 Å². The molecule has 0 atom stereocenters. The maximum absolute atomic E-state index is 13.1. The first-order valence-electron chi connectivity index (χ1n) is 5.58. The van der Waals surface area contributed by atoms with Gasteiger partial charge in [-0.3, -0.25) is 4.79 Å². The zero-order valence-electron chi connectivity index (χ0n) is 10.4. The molecule has 1 aromatic carbocycles. The molecule has 2 rings (SSSR count). The van der Waals surface area contributed by atoms with Gasteiger partial charge in [0, 0.05) is 23.5 Å². The molecule has 0 fully saturated rings. The van der Waals surface area contributed by atoms with Gasteiger partial charge in [0.1, 0.15) is 5.69 Å². The molecular weight excluding hydrogens is 259 g/mol. The van der Waals surface area contributed by atoms with E-state index in [2.05, 4.69) is 0 Å². The highest BCUT2D eigenvalue weighted by molar-refractivity contribution is 5.89. The predicted octanol–water partition coefficient (Wildman–Crippen LogP) is 3.13. The molecule has 3 nitrogen and oxygen atoms in total. The van der Waals surface area contributed by atoms with Crippen molar-refractivity contribution in [1.29, 1.82) is 0 Å². The molecule has 1 N–H and O–H groups in total. The largest absolute Gasteiger partial charge is 0.481 e. The van der Waals surface area contributed by atoms with Gasteiger partial charge in [-0.1, -0.05) is 11.6 Å². The number of halogens is 3. The maximum atomic E-state index is 13.1. The van der Waals surface area contributed by atoms with Gasteiger partial charge < -0.3 is 9.67 Å². The fourth-order valence-electron chi connectivity index (χ4n) is 2.33. The summed E-state index contributed by atoms with van der Waals surface area (Å²) >= 11 is 0. The van der Waals surface area contributed by atoms with Crippen molar-refractivity contribution >= 4 is 16.9 Å². The summed E-state index contributed by atoms with van der Waals surface area (Å²) in [6.07, 6.45) is -5.22. The number of hydrogen-bond acceptors (Lipinski definition) is 1. The molecule has 102 valence electrons. The van der Waals surface area contributed by atoms with Crippen molar-refractivity contribution in [2.45, 2.75) is 19.5 Å².